The lowest BCUT2D eigenvalue weighted by Gasteiger charge is -2.38. The van der Waals surface area contributed by atoms with E-state index in [2.05, 4.69) is 49.5 Å². The van der Waals surface area contributed by atoms with Gasteiger partial charge >= 0.3 is 0 Å². The van der Waals surface area contributed by atoms with Crippen molar-refractivity contribution in [3.8, 4) is 0 Å². The average molecular weight is 189 g/mol. The van der Waals surface area contributed by atoms with E-state index in [1.807, 2.05) is 0 Å². The predicted octanol–water partition coefficient (Wildman–Crippen LogP) is 2.92. The Kier molecular flexibility index (Phi) is 2.60. The highest BCUT2D eigenvalue weighted by molar-refractivity contribution is 5.24. The third-order valence-corrected chi connectivity index (χ3v) is 3.39. The first-order valence-corrected chi connectivity index (χ1v) is 5.51. The summed E-state index contributed by atoms with van der Waals surface area (Å²) >= 11 is 0. The summed E-state index contributed by atoms with van der Waals surface area (Å²) in [5.74, 6) is 0.826. The van der Waals surface area contributed by atoms with E-state index in [9.17, 15) is 0 Å². The molecule has 1 aliphatic rings. The summed E-state index contributed by atoms with van der Waals surface area (Å²) in [6.45, 7) is 5.77. The van der Waals surface area contributed by atoms with E-state index in [1.54, 1.807) is 0 Å². The molecule has 1 N–H and O–H groups in total. The van der Waals surface area contributed by atoms with Crippen molar-refractivity contribution in [1.29, 1.82) is 0 Å². The van der Waals surface area contributed by atoms with Crippen LogP contribution < -0.4 is 5.32 Å². The van der Waals surface area contributed by atoms with Gasteiger partial charge in [-0.1, -0.05) is 37.3 Å². The summed E-state index contributed by atoms with van der Waals surface area (Å²) < 4.78 is 0. The molecule has 0 radical (unpaired) electrons. The van der Waals surface area contributed by atoms with Gasteiger partial charge in [0.1, 0.15) is 0 Å². The quantitative estimate of drug-likeness (QED) is 0.716. The van der Waals surface area contributed by atoms with Gasteiger partial charge in [-0.05, 0) is 37.8 Å². The predicted molar refractivity (Wildman–Crippen MR) is 60.2 cm³/mol. The van der Waals surface area contributed by atoms with Gasteiger partial charge in [-0.3, -0.25) is 0 Å². The van der Waals surface area contributed by atoms with Gasteiger partial charge in [-0.2, -0.15) is 0 Å². The molecule has 0 aliphatic carbocycles. The standard InChI is InChI=1S/C13H19N/c1-11-8-9-13(2,14-10-11)12-6-4-3-5-7-12/h3-7,11,14H,8-10H2,1-2H3. The van der Waals surface area contributed by atoms with Crippen LogP contribution in [0, 0.1) is 5.92 Å². The molecule has 1 saturated heterocycles. The molecule has 1 fully saturated rings. The molecular formula is C13H19N. The Morgan fingerprint density at radius 1 is 1.29 bits per heavy atom. The maximum atomic E-state index is 3.66. The van der Waals surface area contributed by atoms with Crippen LogP contribution in [-0.2, 0) is 5.54 Å². The lowest BCUT2D eigenvalue weighted by atomic mass is 9.81. The first kappa shape index (κ1) is 9.72. The van der Waals surface area contributed by atoms with Crippen LogP contribution in [0.1, 0.15) is 32.3 Å². The number of hydrogen-bond acceptors (Lipinski definition) is 1. The minimum atomic E-state index is 0.202. The van der Waals surface area contributed by atoms with Gasteiger partial charge in [0.25, 0.3) is 0 Å². The number of rotatable bonds is 1. The van der Waals surface area contributed by atoms with Gasteiger partial charge in [0.2, 0.25) is 0 Å². The molecule has 1 nitrogen and oxygen atoms in total. The van der Waals surface area contributed by atoms with Crippen molar-refractivity contribution in [2.75, 3.05) is 6.54 Å². The second-order valence-electron chi connectivity index (χ2n) is 4.72. The summed E-state index contributed by atoms with van der Waals surface area (Å²) in [5.41, 5.74) is 1.63. The van der Waals surface area contributed by atoms with Gasteiger partial charge in [-0.15, -0.1) is 0 Å². The third kappa shape index (κ3) is 1.83. The highest BCUT2D eigenvalue weighted by atomic mass is 15.0. The highest BCUT2D eigenvalue weighted by Gasteiger charge is 2.30. The molecule has 1 heteroatoms. The lowest BCUT2D eigenvalue weighted by Crippen LogP contribution is -2.45. The van der Waals surface area contributed by atoms with Gasteiger partial charge < -0.3 is 5.32 Å². The Balaban J connectivity index is 2.17. The van der Waals surface area contributed by atoms with Crippen molar-refractivity contribution in [1.82, 2.24) is 5.32 Å². The molecule has 1 aliphatic heterocycles. The van der Waals surface area contributed by atoms with E-state index in [1.165, 1.54) is 18.4 Å². The maximum absolute atomic E-state index is 3.66. The zero-order valence-electron chi connectivity index (χ0n) is 9.09. The van der Waals surface area contributed by atoms with Gasteiger partial charge in [0.05, 0.1) is 0 Å². The topological polar surface area (TPSA) is 12.0 Å². The van der Waals surface area contributed by atoms with Crippen molar-refractivity contribution in [3.63, 3.8) is 0 Å². The first-order chi connectivity index (χ1) is 6.71. The Labute approximate surface area is 86.5 Å². The Hall–Kier alpha value is -0.820. The van der Waals surface area contributed by atoms with Crippen molar-refractivity contribution >= 4 is 0 Å². The molecule has 1 aromatic rings. The summed E-state index contributed by atoms with van der Waals surface area (Å²) in [6, 6.07) is 10.8. The molecule has 0 spiro atoms. The minimum Gasteiger partial charge on any atom is -0.307 e. The summed E-state index contributed by atoms with van der Waals surface area (Å²) in [5, 5.41) is 3.66. The van der Waals surface area contributed by atoms with Gasteiger partial charge in [0.15, 0.2) is 0 Å². The average Bonchev–Trinajstić information content (AvgIpc) is 2.24. The van der Waals surface area contributed by atoms with Crippen LogP contribution in [0.4, 0.5) is 0 Å². The zero-order valence-corrected chi connectivity index (χ0v) is 9.09. The molecule has 1 aromatic carbocycles. The van der Waals surface area contributed by atoms with E-state index in [0.29, 0.717) is 0 Å². The van der Waals surface area contributed by atoms with Crippen molar-refractivity contribution in [3.05, 3.63) is 35.9 Å². The lowest BCUT2D eigenvalue weighted by molar-refractivity contribution is 0.236. The zero-order chi connectivity index (χ0) is 10.0. The van der Waals surface area contributed by atoms with Crippen LogP contribution >= 0.6 is 0 Å². The van der Waals surface area contributed by atoms with Crippen molar-refractivity contribution in [2.45, 2.75) is 32.2 Å². The fourth-order valence-corrected chi connectivity index (χ4v) is 2.18. The molecule has 0 aromatic heterocycles. The molecule has 0 amide bonds. The summed E-state index contributed by atoms with van der Waals surface area (Å²) in [7, 11) is 0. The van der Waals surface area contributed by atoms with Crippen LogP contribution in [0.25, 0.3) is 0 Å². The van der Waals surface area contributed by atoms with Gasteiger partial charge in [0, 0.05) is 5.54 Å². The summed E-state index contributed by atoms with van der Waals surface area (Å²) in [4.78, 5) is 0. The highest BCUT2D eigenvalue weighted by Crippen LogP contribution is 2.31. The van der Waals surface area contributed by atoms with Crippen LogP contribution in [0.3, 0.4) is 0 Å². The SMILES string of the molecule is CC1CCC(C)(c2ccccc2)NC1. The molecule has 14 heavy (non-hydrogen) atoms. The normalized spacial score (nSPS) is 32.9. The van der Waals surface area contributed by atoms with Gasteiger partial charge in [-0.25, -0.2) is 0 Å². The van der Waals surface area contributed by atoms with E-state index in [-0.39, 0.29) is 5.54 Å². The monoisotopic (exact) mass is 189 g/mol. The molecular weight excluding hydrogens is 170 g/mol. The molecule has 0 saturated carbocycles. The van der Waals surface area contributed by atoms with Crippen LogP contribution in [0.15, 0.2) is 30.3 Å². The fourth-order valence-electron chi connectivity index (χ4n) is 2.18. The Bertz CT molecular complexity index is 283. The largest absolute Gasteiger partial charge is 0.307 e. The van der Waals surface area contributed by atoms with Crippen molar-refractivity contribution < 1.29 is 0 Å². The Morgan fingerprint density at radius 2 is 2.00 bits per heavy atom. The van der Waals surface area contributed by atoms with E-state index < -0.39 is 0 Å². The fraction of sp³-hybridized carbons (Fsp3) is 0.538. The number of piperidine rings is 1. The van der Waals surface area contributed by atoms with Crippen LogP contribution in [-0.4, -0.2) is 6.54 Å². The van der Waals surface area contributed by atoms with Crippen LogP contribution in [0.2, 0.25) is 0 Å². The number of hydrogen-bond donors (Lipinski definition) is 1. The first-order valence-electron chi connectivity index (χ1n) is 5.51. The minimum absolute atomic E-state index is 0.202. The maximum Gasteiger partial charge on any atom is 0.0406 e. The summed E-state index contributed by atoms with van der Waals surface area (Å²) in [6.07, 6.45) is 2.58. The van der Waals surface area contributed by atoms with E-state index >= 15 is 0 Å². The molecule has 0 bridgehead atoms. The molecule has 76 valence electrons. The van der Waals surface area contributed by atoms with Crippen molar-refractivity contribution in [2.24, 2.45) is 5.92 Å². The molecule has 2 unspecified atom stereocenters. The van der Waals surface area contributed by atoms with Crippen LogP contribution in [0.5, 0.6) is 0 Å². The van der Waals surface area contributed by atoms with E-state index in [0.717, 1.165) is 12.5 Å². The molecule has 2 rings (SSSR count). The molecule has 2 atom stereocenters. The number of benzene rings is 1. The second kappa shape index (κ2) is 3.74. The van der Waals surface area contributed by atoms with E-state index in [4.69, 9.17) is 0 Å². The molecule has 1 heterocycles. The smallest absolute Gasteiger partial charge is 0.0406 e. The third-order valence-electron chi connectivity index (χ3n) is 3.39. The second-order valence-corrected chi connectivity index (χ2v) is 4.72. The number of nitrogens with one attached hydrogen (secondary N) is 1. The Morgan fingerprint density at radius 3 is 2.57 bits per heavy atom.